The smallest absolute Gasteiger partial charge is 0.310 e. The number of esters is 1. The van der Waals surface area contributed by atoms with Gasteiger partial charge in [0.05, 0.1) is 18.4 Å². The molecule has 1 aliphatic heterocycles. The van der Waals surface area contributed by atoms with Gasteiger partial charge in [-0.05, 0) is 33.2 Å². The SMILES string of the molecule is COC(=O)[C@H]1CCCN(CC(C)(C)C(=O)O)C1. The van der Waals surface area contributed by atoms with Crippen LogP contribution in [0.1, 0.15) is 26.7 Å². The highest BCUT2D eigenvalue weighted by Crippen LogP contribution is 2.23. The number of piperidine rings is 1. The van der Waals surface area contributed by atoms with Gasteiger partial charge in [-0.1, -0.05) is 0 Å². The average molecular weight is 243 g/mol. The van der Waals surface area contributed by atoms with Crippen molar-refractivity contribution in [2.75, 3.05) is 26.7 Å². The summed E-state index contributed by atoms with van der Waals surface area (Å²) in [4.78, 5) is 24.5. The first-order chi connectivity index (χ1) is 7.86. The van der Waals surface area contributed by atoms with Crippen molar-refractivity contribution in [1.82, 2.24) is 4.90 Å². The molecule has 1 saturated heterocycles. The van der Waals surface area contributed by atoms with Crippen molar-refractivity contribution in [1.29, 1.82) is 0 Å². The number of aliphatic carboxylic acids is 1. The molecule has 0 aromatic carbocycles. The van der Waals surface area contributed by atoms with E-state index in [9.17, 15) is 9.59 Å². The zero-order valence-electron chi connectivity index (χ0n) is 10.7. The highest BCUT2D eigenvalue weighted by molar-refractivity contribution is 5.74. The second kappa shape index (κ2) is 5.49. The maximum Gasteiger partial charge on any atom is 0.310 e. The van der Waals surface area contributed by atoms with Crippen LogP contribution in [0.4, 0.5) is 0 Å². The molecule has 0 radical (unpaired) electrons. The predicted molar refractivity (Wildman–Crippen MR) is 62.6 cm³/mol. The fraction of sp³-hybridized carbons (Fsp3) is 0.833. The van der Waals surface area contributed by atoms with Gasteiger partial charge < -0.3 is 14.7 Å². The number of carbonyl (C=O) groups is 2. The van der Waals surface area contributed by atoms with Crippen LogP contribution >= 0.6 is 0 Å². The standard InChI is InChI=1S/C12H21NO4/c1-12(2,11(15)16)8-13-6-4-5-9(7-13)10(14)17-3/h9H,4-8H2,1-3H3,(H,15,16)/t9-/m0/s1. The molecule has 1 rings (SSSR count). The van der Waals surface area contributed by atoms with Crippen LogP contribution in [0, 0.1) is 11.3 Å². The lowest BCUT2D eigenvalue weighted by atomic mass is 9.90. The Morgan fingerprint density at radius 1 is 1.47 bits per heavy atom. The van der Waals surface area contributed by atoms with E-state index in [4.69, 9.17) is 9.84 Å². The quantitative estimate of drug-likeness (QED) is 0.746. The van der Waals surface area contributed by atoms with Crippen LogP contribution in [-0.2, 0) is 14.3 Å². The van der Waals surface area contributed by atoms with E-state index in [1.54, 1.807) is 13.8 Å². The summed E-state index contributed by atoms with van der Waals surface area (Å²) in [6.07, 6.45) is 1.74. The summed E-state index contributed by atoms with van der Waals surface area (Å²) in [5, 5.41) is 9.07. The van der Waals surface area contributed by atoms with Crippen molar-refractivity contribution in [3.8, 4) is 0 Å². The Kier molecular flexibility index (Phi) is 4.51. The van der Waals surface area contributed by atoms with E-state index in [0.717, 1.165) is 19.4 Å². The number of hydrogen-bond acceptors (Lipinski definition) is 4. The van der Waals surface area contributed by atoms with Crippen LogP contribution in [0.15, 0.2) is 0 Å². The van der Waals surface area contributed by atoms with E-state index in [0.29, 0.717) is 13.1 Å². The first kappa shape index (κ1) is 14.0. The van der Waals surface area contributed by atoms with Gasteiger partial charge in [-0.2, -0.15) is 0 Å². The fourth-order valence-corrected chi connectivity index (χ4v) is 2.18. The molecule has 5 heteroatoms. The second-order valence-electron chi connectivity index (χ2n) is 5.29. The molecular weight excluding hydrogens is 222 g/mol. The monoisotopic (exact) mass is 243 g/mol. The van der Waals surface area contributed by atoms with Gasteiger partial charge in [-0.25, -0.2) is 0 Å². The van der Waals surface area contributed by atoms with Crippen LogP contribution in [0.5, 0.6) is 0 Å². The molecule has 1 N–H and O–H groups in total. The molecule has 98 valence electrons. The van der Waals surface area contributed by atoms with Crippen LogP contribution in [0.25, 0.3) is 0 Å². The van der Waals surface area contributed by atoms with Crippen molar-refractivity contribution in [3.63, 3.8) is 0 Å². The molecule has 1 heterocycles. The summed E-state index contributed by atoms with van der Waals surface area (Å²) in [5.41, 5.74) is -0.780. The van der Waals surface area contributed by atoms with Gasteiger partial charge in [0.25, 0.3) is 0 Å². The number of carboxylic acid groups (broad SMARTS) is 1. The molecule has 0 aromatic heterocycles. The molecule has 0 bridgehead atoms. The zero-order chi connectivity index (χ0) is 13.1. The molecule has 0 spiro atoms. The summed E-state index contributed by atoms with van der Waals surface area (Å²) in [6, 6.07) is 0. The molecule has 1 atom stereocenters. The van der Waals surface area contributed by atoms with E-state index in [2.05, 4.69) is 0 Å². The maximum atomic E-state index is 11.4. The van der Waals surface area contributed by atoms with Gasteiger partial charge in [-0.3, -0.25) is 9.59 Å². The average Bonchev–Trinajstić information content (AvgIpc) is 2.27. The van der Waals surface area contributed by atoms with Crippen LogP contribution < -0.4 is 0 Å². The molecule has 1 fully saturated rings. The van der Waals surface area contributed by atoms with Crippen molar-refractivity contribution >= 4 is 11.9 Å². The Labute approximate surface area is 102 Å². The third-order valence-electron chi connectivity index (χ3n) is 3.24. The number of nitrogens with zero attached hydrogens (tertiary/aromatic N) is 1. The first-order valence-corrected chi connectivity index (χ1v) is 5.90. The third-order valence-corrected chi connectivity index (χ3v) is 3.24. The molecule has 0 aromatic rings. The van der Waals surface area contributed by atoms with E-state index in [1.165, 1.54) is 7.11 Å². The van der Waals surface area contributed by atoms with E-state index in [1.807, 2.05) is 4.90 Å². The lowest BCUT2D eigenvalue weighted by Gasteiger charge is -2.35. The molecule has 17 heavy (non-hydrogen) atoms. The lowest BCUT2D eigenvalue weighted by molar-refractivity contribution is -0.149. The highest BCUT2D eigenvalue weighted by Gasteiger charge is 2.33. The Balaban J connectivity index is 2.56. The maximum absolute atomic E-state index is 11.4. The summed E-state index contributed by atoms with van der Waals surface area (Å²) in [6.45, 7) is 5.33. The Morgan fingerprint density at radius 3 is 2.65 bits per heavy atom. The Hall–Kier alpha value is -1.10. The van der Waals surface area contributed by atoms with Crippen molar-refractivity contribution in [2.24, 2.45) is 11.3 Å². The largest absolute Gasteiger partial charge is 0.481 e. The number of ether oxygens (including phenoxy) is 1. The van der Waals surface area contributed by atoms with Crippen molar-refractivity contribution in [3.05, 3.63) is 0 Å². The predicted octanol–water partition coefficient (Wildman–Crippen LogP) is 0.982. The summed E-state index contributed by atoms with van der Waals surface area (Å²) in [5.74, 6) is -1.11. The Bertz CT molecular complexity index is 301. The van der Waals surface area contributed by atoms with Gasteiger partial charge in [-0.15, -0.1) is 0 Å². The van der Waals surface area contributed by atoms with Crippen molar-refractivity contribution < 1.29 is 19.4 Å². The van der Waals surface area contributed by atoms with Gasteiger partial charge in [0.15, 0.2) is 0 Å². The minimum Gasteiger partial charge on any atom is -0.481 e. The highest BCUT2D eigenvalue weighted by atomic mass is 16.5. The number of likely N-dealkylation sites (tertiary alicyclic amines) is 1. The van der Waals surface area contributed by atoms with Gasteiger partial charge in [0.2, 0.25) is 0 Å². The minimum absolute atomic E-state index is 0.113. The van der Waals surface area contributed by atoms with E-state index < -0.39 is 11.4 Å². The van der Waals surface area contributed by atoms with E-state index >= 15 is 0 Å². The number of rotatable bonds is 4. The molecule has 5 nitrogen and oxygen atoms in total. The number of carboxylic acids is 1. The van der Waals surface area contributed by atoms with E-state index in [-0.39, 0.29) is 11.9 Å². The molecule has 0 aliphatic carbocycles. The van der Waals surface area contributed by atoms with Gasteiger partial charge in [0.1, 0.15) is 0 Å². The third kappa shape index (κ3) is 3.70. The molecule has 0 amide bonds. The first-order valence-electron chi connectivity index (χ1n) is 5.90. The van der Waals surface area contributed by atoms with Crippen LogP contribution in [0.3, 0.4) is 0 Å². The summed E-state index contributed by atoms with van der Waals surface area (Å²) in [7, 11) is 1.39. The van der Waals surface area contributed by atoms with Gasteiger partial charge >= 0.3 is 11.9 Å². The topological polar surface area (TPSA) is 66.8 Å². The fourth-order valence-electron chi connectivity index (χ4n) is 2.18. The second-order valence-corrected chi connectivity index (χ2v) is 5.29. The van der Waals surface area contributed by atoms with Crippen LogP contribution in [0.2, 0.25) is 0 Å². The normalized spacial score (nSPS) is 22.2. The molecule has 0 saturated carbocycles. The van der Waals surface area contributed by atoms with Crippen molar-refractivity contribution in [2.45, 2.75) is 26.7 Å². The Morgan fingerprint density at radius 2 is 2.12 bits per heavy atom. The number of carbonyl (C=O) groups excluding carboxylic acids is 1. The molecule has 1 aliphatic rings. The summed E-state index contributed by atoms with van der Waals surface area (Å²) >= 11 is 0. The lowest BCUT2D eigenvalue weighted by Crippen LogP contribution is -2.45. The van der Waals surface area contributed by atoms with Crippen LogP contribution in [-0.4, -0.2) is 48.7 Å². The number of hydrogen-bond donors (Lipinski definition) is 1. The molecule has 0 unspecified atom stereocenters. The molecular formula is C12H21NO4. The zero-order valence-corrected chi connectivity index (χ0v) is 10.7. The summed E-state index contributed by atoms with van der Waals surface area (Å²) < 4.78 is 4.73. The minimum atomic E-state index is -0.808. The number of methoxy groups -OCH3 is 1. The van der Waals surface area contributed by atoms with Gasteiger partial charge in [0, 0.05) is 13.1 Å².